The van der Waals surface area contributed by atoms with E-state index in [4.69, 9.17) is 0 Å². The van der Waals surface area contributed by atoms with Gasteiger partial charge in [-0.3, -0.25) is 0 Å². The Morgan fingerprint density at radius 1 is 1.18 bits per heavy atom. The second kappa shape index (κ2) is 4.69. The van der Waals surface area contributed by atoms with Crippen LogP contribution < -0.4 is 0 Å². The van der Waals surface area contributed by atoms with E-state index < -0.39 is 0 Å². The number of benzene rings is 1. The van der Waals surface area contributed by atoms with E-state index in [0.29, 0.717) is 5.75 Å². The first-order valence-electron chi connectivity index (χ1n) is 6.52. The third-order valence-electron chi connectivity index (χ3n) is 3.87. The number of phenolic OH excluding ortho intramolecular Hbond substituents is 1. The molecule has 1 aromatic heterocycles. The Morgan fingerprint density at radius 2 is 2.00 bits per heavy atom. The SMILES string of the molecule is Oc1ccc2c(CC3CCCCC3)csc2c1. The fraction of sp³-hybridized carbons (Fsp3) is 0.467. The summed E-state index contributed by atoms with van der Waals surface area (Å²) in [7, 11) is 0. The van der Waals surface area contributed by atoms with Gasteiger partial charge in [0.25, 0.3) is 0 Å². The number of rotatable bonds is 2. The van der Waals surface area contributed by atoms with Crippen LogP contribution in [0.4, 0.5) is 0 Å². The van der Waals surface area contributed by atoms with E-state index in [9.17, 15) is 5.11 Å². The van der Waals surface area contributed by atoms with Gasteiger partial charge in [0, 0.05) is 4.70 Å². The van der Waals surface area contributed by atoms with Gasteiger partial charge in [-0.2, -0.15) is 0 Å². The minimum atomic E-state index is 0.378. The van der Waals surface area contributed by atoms with Crippen molar-refractivity contribution in [1.82, 2.24) is 0 Å². The van der Waals surface area contributed by atoms with Gasteiger partial charge in [-0.25, -0.2) is 0 Å². The highest BCUT2D eigenvalue weighted by Crippen LogP contribution is 2.33. The molecule has 0 spiro atoms. The van der Waals surface area contributed by atoms with Crippen LogP contribution in [-0.4, -0.2) is 5.11 Å². The smallest absolute Gasteiger partial charge is 0.117 e. The molecular weight excluding hydrogens is 228 g/mol. The third kappa shape index (κ3) is 2.32. The molecule has 90 valence electrons. The Balaban J connectivity index is 1.84. The summed E-state index contributed by atoms with van der Waals surface area (Å²) < 4.78 is 1.22. The maximum Gasteiger partial charge on any atom is 0.117 e. The van der Waals surface area contributed by atoms with Crippen molar-refractivity contribution in [2.24, 2.45) is 5.92 Å². The number of hydrogen-bond donors (Lipinski definition) is 1. The van der Waals surface area contributed by atoms with Crippen LogP contribution in [-0.2, 0) is 6.42 Å². The largest absolute Gasteiger partial charge is 0.508 e. The molecule has 1 N–H and O–H groups in total. The van der Waals surface area contributed by atoms with Gasteiger partial charge >= 0.3 is 0 Å². The molecule has 1 nitrogen and oxygen atoms in total. The quantitative estimate of drug-likeness (QED) is 0.812. The molecule has 17 heavy (non-hydrogen) atoms. The summed E-state index contributed by atoms with van der Waals surface area (Å²) >= 11 is 1.76. The molecule has 0 aliphatic heterocycles. The van der Waals surface area contributed by atoms with Gasteiger partial charge in [-0.15, -0.1) is 11.3 Å². The van der Waals surface area contributed by atoms with Crippen LogP contribution in [0.15, 0.2) is 23.6 Å². The zero-order chi connectivity index (χ0) is 11.7. The summed E-state index contributed by atoms with van der Waals surface area (Å²) in [6.07, 6.45) is 8.27. The predicted molar refractivity (Wildman–Crippen MR) is 73.8 cm³/mol. The van der Waals surface area contributed by atoms with Crippen molar-refractivity contribution < 1.29 is 5.11 Å². The van der Waals surface area contributed by atoms with Gasteiger partial charge in [0.1, 0.15) is 5.75 Å². The van der Waals surface area contributed by atoms with Crippen molar-refractivity contribution >= 4 is 21.4 Å². The summed E-state index contributed by atoms with van der Waals surface area (Å²) in [5, 5.41) is 13.1. The lowest BCUT2D eigenvalue weighted by atomic mass is 9.85. The molecule has 0 bridgehead atoms. The van der Waals surface area contributed by atoms with Gasteiger partial charge < -0.3 is 5.11 Å². The van der Waals surface area contributed by atoms with E-state index in [1.54, 1.807) is 17.4 Å². The molecule has 1 aliphatic rings. The topological polar surface area (TPSA) is 20.2 Å². The Kier molecular flexibility index (Phi) is 3.06. The average Bonchev–Trinajstić information content (AvgIpc) is 2.73. The lowest BCUT2D eigenvalue weighted by Gasteiger charge is -2.21. The normalized spacial score (nSPS) is 17.6. The van der Waals surface area contributed by atoms with Gasteiger partial charge in [0.05, 0.1) is 0 Å². The molecule has 3 rings (SSSR count). The van der Waals surface area contributed by atoms with E-state index in [2.05, 4.69) is 11.4 Å². The number of phenols is 1. The number of thiophene rings is 1. The van der Waals surface area contributed by atoms with E-state index in [1.165, 1.54) is 54.2 Å². The molecule has 0 saturated heterocycles. The maximum absolute atomic E-state index is 9.47. The summed E-state index contributed by atoms with van der Waals surface area (Å²) in [4.78, 5) is 0. The fourth-order valence-electron chi connectivity index (χ4n) is 2.93. The van der Waals surface area contributed by atoms with E-state index >= 15 is 0 Å². The third-order valence-corrected chi connectivity index (χ3v) is 4.87. The van der Waals surface area contributed by atoms with Gasteiger partial charge in [-0.1, -0.05) is 32.1 Å². The van der Waals surface area contributed by atoms with E-state index in [0.717, 1.165) is 5.92 Å². The molecule has 1 aromatic carbocycles. The summed E-state index contributed by atoms with van der Waals surface area (Å²) in [5.74, 6) is 1.26. The second-order valence-corrected chi connectivity index (χ2v) is 6.06. The predicted octanol–water partition coefficient (Wildman–Crippen LogP) is 4.73. The monoisotopic (exact) mass is 246 g/mol. The Hall–Kier alpha value is -1.02. The summed E-state index contributed by atoms with van der Waals surface area (Å²) in [6, 6.07) is 5.75. The molecule has 1 aliphatic carbocycles. The number of aromatic hydroxyl groups is 1. The van der Waals surface area contributed by atoms with Crippen LogP contribution >= 0.6 is 11.3 Å². The van der Waals surface area contributed by atoms with Crippen LogP contribution in [0.3, 0.4) is 0 Å². The molecule has 2 heteroatoms. The number of fused-ring (bicyclic) bond motifs is 1. The first kappa shape index (κ1) is 11.1. The first-order valence-corrected chi connectivity index (χ1v) is 7.40. The summed E-state index contributed by atoms with van der Waals surface area (Å²) in [5.41, 5.74) is 1.48. The van der Waals surface area contributed by atoms with Crippen molar-refractivity contribution in [3.8, 4) is 5.75 Å². The molecule has 2 aromatic rings. The molecule has 0 atom stereocenters. The zero-order valence-corrected chi connectivity index (χ0v) is 10.8. The maximum atomic E-state index is 9.47. The fourth-order valence-corrected chi connectivity index (χ4v) is 3.94. The standard InChI is InChI=1S/C15H18OS/c16-13-6-7-14-12(10-17-15(14)9-13)8-11-4-2-1-3-5-11/h6-7,9-11,16H,1-5,8H2. The molecule has 0 radical (unpaired) electrons. The van der Waals surface area contributed by atoms with Crippen LogP contribution in [0, 0.1) is 5.92 Å². The first-order chi connectivity index (χ1) is 8.33. The highest BCUT2D eigenvalue weighted by Gasteiger charge is 2.15. The lowest BCUT2D eigenvalue weighted by Crippen LogP contribution is -2.08. The van der Waals surface area contributed by atoms with E-state index in [-0.39, 0.29) is 0 Å². The Morgan fingerprint density at radius 3 is 2.82 bits per heavy atom. The van der Waals surface area contributed by atoms with Crippen molar-refractivity contribution in [1.29, 1.82) is 0 Å². The molecule has 1 fully saturated rings. The van der Waals surface area contributed by atoms with Crippen molar-refractivity contribution in [3.63, 3.8) is 0 Å². The van der Waals surface area contributed by atoms with Crippen LogP contribution in [0.2, 0.25) is 0 Å². The Bertz CT molecular complexity index is 509. The van der Waals surface area contributed by atoms with Crippen molar-refractivity contribution in [3.05, 3.63) is 29.1 Å². The summed E-state index contributed by atoms with van der Waals surface area (Å²) in [6.45, 7) is 0. The van der Waals surface area contributed by atoms with Gasteiger partial charge in [0.2, 0.25) is 0 Å². The highest BCUT2D eigenvalue weighted by atomic mass is 32.1. The second-order valence-electron chi connectivity index (χ2n) is 5.15. The van der Waals surface area contributed by atoms with Crippen LogP contribution in [0.25, 0.3) is 10.1 Å². The molecule has 1 heterocycles. The minimum absolute atomic E-state index is 0.378. The lowest BCUT2D eigenvalue weighted by molar-refractivity contribution is 0.357. The van der Waals surface area contributed by atoms with Crippen LogP contribution in [0.5, 0.6) is 5.75 Å². The van der Waals surface area contributed by atoms with Crippen LogP contribution in [0.1, 0.15) is 37.7 Å². The average molecular weight is 246 g/mol. The molecule has 1 saturated carbocycles. The number of hydrogen-bond acceptors (Lipinski definition) is 2. The van der Waals surface area contributed by atoms with Gasteiger partial charge in [0.15, 0.2) is 0 Å². The van der Waals surface area contributed by atoms with Gasteiger partial charge in [-0.05, 0) is 46.9 Å². The highest BCUT2D eigenvalue weighted by molar-refractivity contribution is 7.17. The Labute approximate surface area is 106 Å². The zero-order valence-electron chi connectivity index (χ0n) is 9.98. The molecular formula is C15H18OS. The molecule has 0 unspecified atom stereocenters. The van der Waals surface area contributed by atoms with E-state index in [1.807, 2.05) is 6.07 Å². The van der Waals surface area contributed by atoms with Crippen molar-refractivity contribution in [2.45, 2.75) is 38.5 Å². The minimum Gasteiger partial charge on any atom is -0.508 e. The molecule has 0 amide bonds. The van der Waals surface area contributed by atoms with Crippen molar-refractivity contribution in [2.75, 3.05) is 0 Å².